The number of amides is 1. The van der Waals surface area contributed by atoms with Crippen LogP contribution in [0.25, 0.3) is 0 Å². The third kappa shape index (κ3) is 5.62. The van der Waals surface area contributed by atoms with Crippen LogP contribution in [-0.2, 0) is 9.59 Å². The maximum Gasteiger partial charge on any atom is 0.321 e. The molecule has 1 aromatic rings. The molecule has 0 radical (unpaired) electrons. The van der Waals surface area contributed by atoms with Crippen molar-refractivity contribution in [3.8, 4) is 5.75 Å². The van der Waals surface area contributed by atoms with Crippen LogP contribution < -0.4 is 15.8 Å². The maximum absolute atomic E-state index is 11.6. The molecule has 0 aromatic heterocycles. The molecule has 0 heterocycles. The molecule has 6 nitrogen and oxygen atoms in total. The first-order valence-corrected chi connectivity index (χ1v) is 6.68. The minimum Gasteiger partial charge on any atom is -0.497 e. The van der Waals surface area contributed by atoms with Crippen molar-refractivity contribution < 1.29 is 19.4 Å². The first-order valence-electron chi connectivity index (χ1n) is 5.53. The predicted molar refractivity (Wildman–Crippen MR) is 74.6 cm³/mol. The number of methoxy groups -OCH3 is 1. The van der Waals surface area contributed by atoms with Gasteiger partial charge in [-0.3, -0.25) is 9.59 Å². The largest absolute Gasteiger partial charge is 0.497 e. The highest BCUT2D eigenvalue weighted by molar-refractivity contribution is 8.00. The molecule has 19 heavy (non-hydrogen) atoms. The number of ether oxygens (including phenoxy) is 1. The number of carboxylic acids is 1. The van der Waals surface area contributed by atoms with E-state index >= 15 is 0 Å². The number of rotatable bonds is 7. The Morgan fingerprint density at radius 3 is 2.89 bits per heavy atom. The number of hydrogen-bond acceptors (Lipinski definition) is 5. The van der Waals surface area contributed by atoms with Crippen molar-refractivity contribution in [1.82, 2.24) is 0 Å². The second kappa shape index (κ2) is 7.65. The number of carbonyl (C=O) groups is 2. The van der Waals surface area contributed by atoms with E-state index in [1.54, 1.807) is 31.4 Å². The van der Waals surface area contributed by atoms with Gasteiger partial charge in [-0.15, -0.1) is 11.8 Å². The van der Waals surface area contributed by atoms with Crippen molar-refractivity contribution >= 4 is 29.3 Å². The SMILES string of the molecule is COc1cccc(NC(=O)CSCC(N)C(=O)O)c1. The summed E-state index contributed by atoms with van der Waals surface area (Å²) >= 11 is 1.18. The number of carbonyl (C=O) groups excluding carboxylic acids is 1. The third-order valence-electron chi connectivity index (χ3n) is 2.20. The monoisotopic (exact) mass is 284 g/mol. The summed E-state index contributed by atoms with van der Waals surface area (Å²) in [4.78, 5) is 22.1. The zero-order valence-electron chi connectivity index (χ0n) is 10.5. The van der Waals surface area contributed by atoms with Gasteiger partial charge in [0.1, 0.15) is 11.8 Å². The molecule has 1 atom stereocenters. The van der Waals surface area contributed by atoms with Crippen molar-refractivity contribution in [2.45, 2.75) is 6.04 Å². The van der Waals surface area contributed by atoms with Gasteiger partial charge in [-0.25, -0.2) is 0 Å². The number of nitrogens with two attached hydrogens (primary N) is 1. The molecule has 104 valence electrons. The maximum atomic E-state index is 11.6. The second-order valence-electron chi connectivity index (χ2n) is 3.74. The fourth-order valence-electron chi connectivity index (χ4n) is 1.25. The fraction of sp³-hybridized carbons (Fsp3) is 0.333. The standard InChI is InChI=1S/C12H16N2O4S/c1-18-9-4-2-3-8(5-9)14-11(15)7-19-6-10(13)12(16)17/h2-5,10H,6-7,13H2,1H3,(H,14,15)(H,16,17). The Balaban J connectivity index is 2.36. The highest BCUT2D eigenvalue weighted by Gasteiger charge is 2.12. The number of aliphatic carboxylic acids is 1. The molecule has 4 N–H and O–H groups in total. The van der Waals surface area contributed by atoms with Crippen LogP contribution in [0.15, 0.2) is 24.3 Å². The minimum absolute atomic E-state index is 0.151. The van der Waals surface area contributed by atoms with E-state index in [1.165, 1.54) is 11.8 Å². The smallest absolute Gasteiger partial charge is 0.321 e. The Kier molecular flexibility index (Phi) is 6.17. The van der Waals surface area contributed by atoms with Crippen molar-refractivity contribution in [3.05, 3.63) is 24.3 Å². The van der Waals surface area contributed by atoms with Crippen molar-refractivity contribution in [3.63, 3.8) is 0 Å². The summed E-state index contributed by atoms with van der Waals surface area (Å²) in [6, 6.07) is 6.03. The molecule has 0 aliphatic heterocycles. The summed E-state index contributed by atoms with van der Waals surface area (Å²) in [6.07, 6.45) is 0. The summed E-state index contributed by atoms with van der Waals surface area (Å²) in [7, 11) is 1.55. The van der Waals surface area contributed by atoms with Gasteiger partial charge < -0.3 is 20.9 Å². The van der Waals surface area contributed by atoms with E-state index < -0.39 is 12.0 Å². The number of anilines is 1. The molecule has 0 aliphatic carbocycles. The van der Waals surface area contributed by atoms with E-state index in [9.17, 15) is 9.59 Å². The number of benzene rings is 1. The Morgan fingerprint density at radius 1 is 1.53 bits per heavy atom. The Hall–Kier alpha value is -1.73. The average molecular weight is 284 g/mol. The van der Waals surface area contributed by atoms with E-state index in [0.717, 1.165) is 0 Å². The van der Waals surface area contributed by atoms with Crippen molar-refractivity contribution in [2.75, 3.05) is 23.9 Å². The van der Waals surface area contributed by atoms with Crippen LogP contribution in [0.3, 0.4) is 0 Å². The van der Waals surface area contributed by atoms with Crippen molar-refractivity contribution in [2.24, 2.45) is 5.73 Å². The number of nitrogens with one attached hydrogen (secondary N) is 1. The van der Waals surface area contributed by atoms with E-state index in [0.29, 0.717) is 11.4 Å². The Labute approximate surface area is 115 Å². The zero-order chi connectivity index (χ0) is 14.3. The Bertz CT molecular complexity index is 453. The normalized spacial score (nSPS) is 11.7. The van der Waals surface area contributed by atoms with Gasteiger partial charge in [0.25, 0.3) is 0 Å². The predicted octanol–water partition coefficient (Wildman–Crippen LogP) is 0.779. The summed E-state index contributed by atoms with van der Waals surface area (Å²) in [6.45, 7) is 0. The second-order valence-corrected chi connectivity index (χ2v) is 4.77. The van der Waals surface area contributed by atoms with Gasteiger partial charge in [-0.2, -0.15) is 0 Å². The number of carboxylic acid groups (broad SMARTS) is 1. The van der Waals surface area contributed by atoms with Crippen LogP contribution in [0, 0.1) is 0 Å². The van der Waals surface area contributed by atoms with Gasteiger partial charge in [0, 0.05) is 17.5 Å². The first kappa shape index (κ1) is 15.3. The fourth-order valence-corrected chi connectivity index (χ4v) is 2.02. The van der Waals surface area contributed by atoms with Gasteiger partial charge in [0.05, 0.1) is 12.9 Å². The highest BCUT2D eigenvalue weighted by Crippen LogP contribution is 2.16. The van der Waals surface area contributed by atoms with E-state index in [1.807, 2.05) is 0 Å². The molecule has 0 spiro atoms. The zero-order valence-corrected chi connectivity index (χ0v) is 11.3. The van der Waals surface area contributed by atoms with E-state index in [2.05, 4.69) is 5.32 Å². The molecule has 0 bridgehead atoms. The lowest BCUT2D eigenvalue weighted by atomic mass is 10.3. The highest BCUT2D eigenvalue weighted by atomic mass is 32.2. The molecule has 7 heteroatoms. The summed E-state index contributed by atoms with van der Waals surface area (Å²) in [5.74, 6) is -0.283. The van der Waals surface area contributed by atoms with Crippen LogP contribution in [0.2, 0.25) is 0 Å². The minimum atomic E-state index is -1.07. The van der Waals surface area contributed by atoms with Crippen molar-refractivity contribution in [1.29, 1.82) is 0 Å². The number of hydrogen-bond donors (Lipinski definition) is 3. The molecular formula is C12H16N2O4S. The quantitative estimate of drug-likeness (QED) is 0.684. The molecule has 1 aromatic carbocycles. The van der Waals surface area contributed by atoms with E-state index in [4.69, 9.17) is 15.6 Å². The van der Waals surface area contributed by atoms with Gasteiger partial charge in [-0.05, 0) is 12.1 Å². The molecule has 1 amide bonds. The molecule has 0 aliphatic rings. The summed E-state index contributed by atoms with van der Waals surface area (Å²) in [5.41, 5.74) is 5.96. The average Bonchev–Trinajstić information content (AvgIpc) is 2.38. The lowest BCUT2D eigenvalue weighted by Crippen LogP contribution is -2.33. The molecule has 0 saturated heterocycles. The summed E-state index contributed by atoms with van der Waals surface area (Å²) < 4.78 is 5.04. The van der Waals surface area contributed by atoms with E-state index in [-0.39, 0.29) is 17.4 Å². The van der Waals surface area contributed by atoms with Gasteiger partial charge in [0.15, 0.2) is 0 Å². The molecule has 0 saturated carbocycles. The van der Waals surface area contributed by atoms with Gasteiger partial charge in [-0.1, -0.05) is 6.07 Å². The molecular weight excluding hydrogens is 268 g/mol. The third-order valence-corrected chi connectivity index (χ3v) is 3.26. The van der Waals surface area contributed by atoms with Crippen LogP contribution in [0.4, 0.5) is 5.69 Å². The van der Waals surface area contributed by atoms with Crippen LogP contribution >= 0.6 is 11.8 Å². The van der Waals surface area contributed by atoms with Crippen LogP contribution in [-0.4, -0.2) is 41.6 Å². The lowest BCUT2D eigenvalue weighted by Gasteiger charge is -2.08. The van der Waals surface area contributed by atoms with Crippen LogP contribution in [0.1, 0.15) is 0 Å². The van der Waals surface area contributed by atoms with Crippen LogP contribution in [0.5, 0.6) is 5.75 Å². The van der Waals surface area contributed by atoms with Gasteiger partial charge in [0.2, 0.25) is 5.91 Å². The van der Waals surface area contributed by atoms with Gasteiger partial charge >= 0.3 is 5.97 Å². The first-order chi connectivity index (χ1) is 9.02. The number of thioether (sulfide) groups is 1. The molecule has 0 fully saturated rings. The summed E-state index contributed by atoms with van der Waals surface area (Å²) in [5, 5.41) is 11.3. The topological polar surface area (TPSA) is 102 Å². The molecule has 1 rings (SSSR count). The molecule has 1 unspecified atom stereocenters. The Morgan fingerprint density at radius 2 is 2.26 bits per heavy atom. The lowest BCUT2D eigenvalue weighted by molar-refractivity contribution is -0.137.